The molecule has 38 heavy (non-hydrogen) atoms. The van der Waals surface area contributed by atoms with Crippen molar-refractivity contribution in [2.24, 2.45) is 0 Å². The monoisotopic (exact) mass is 624 g/mol. The second-order valence-electron chi connectivity index (χ2n) is 8.47. The van der Waals surface area contributed by atoms with Crippen molar-refractivity contribution < 1.29 is 23.8 Å². The summed E-state index contributed by atoms with van der Waals surface area (Å²) >= 11 is 2.16. The zero-order valence-corrected chi connectivity index (χ0v) is 23.9. The molecule has 0 radical (unpaired) electrons. The number of nitrogens with one attached hydrogen (secondary N) is 1. The fourth-order valence-electron chi connectivity index (χ4n) is 3.80. The van der Waals surface area contributed by atoms with E-state index in [2.05, 4.69) is 60.0 Å². The first-order valence-corrected chi connectivity index (χ1v) is 13.2. The number of benzene rings is 3. The first kappa shape index (κ1) is 28.7. The summed E-state index contributed by atoms with van der Waals surface area (Å²) < 4.78 is 17.7. The molecule has 8 heteroatoms. The van der Waals surface area contributed by atoms with Crippen LogP contribution in [-0.2, 0) is 16.1 Å². The fraction of sp³-hybridized carbons (Fsp3) is 0.233. The van der Waals surface area contributed by atoms with Crippen molar-refractivity contribution in [3.8, 4) is 17.6 Å². The summed E-state index contributed by atoms with van der Waals surface area (Å²) in [5, 5.41) is 12.4. The van der Waals surface area contributed by atoms with Crippen LogP contribution in [0.15, 0.2) is 60.2 Å². The van der Waals surface area contributed by atoms with Crippen LogP contribution in [0, 0.1) is 28.7 Å². The topological polar surface area (TPSA) is 97.7 Å². The number of aryl methyl sites for hydroxylation is 2. The molecule has 0 unspecified atom stereocenters. The second-order valence-corrected chi connectivity index (χ2v) is 9.63. The average Bonchev–Trinajstić information content (AvgIpc) is 2.87. The summed E-state index contributed by atoms with van der Waals surface area (Å²) in [6, 6.07) is 18.1. The number of rotatable bonds is 10. The van der Waals surface area contributed by atoms with Gasteiger partial charge in [0.1, 0.15) is 18.2 Å². The Hall–Kier alpha value is -3.84. The van der Waals surface area contributed by atoms with Gasteiger partial charge < -0.3 is 19.5 Å². The van der Waals surface area contributed by atoms with Crippen LogP contribution in [0.5, 0.6) is 11.5 Å². The Labute approximate surface area is 236 Å². The maximum Gasteiger partial charge on any atom is 0.338 e. The number of hydrogen-bond acceptors (Lipinski definition) is 6. The minimum Gasteiger partial charge on any atom is -0.490 e. The fourth-order valence-corrected chi connectivity index (χ4v) is 4.58. The summed E-state index contributed by atoms with van der Waals surface area (Å²) in [5.41, 5.74) is 4.76. The maximum absolute atomic E-state index is 12.8. The number of carbonyl (C=O) groups is 2. The van der Waals surface area contributed by atoms with Crippen LogP contribution in [0.3, 0.4) is 0 Å². The zero-order chi connectivity index (χ0) is 27.7. The summed E-state index contributed by atoms with van der Waals surface area (Å²) in [7, 11) is 0. The number of ether oxygens (including phenoxy) is 3. The highest BCUT2D eigenvalue weighted by atomic mass is 127. The number of nitriles is 1. The molecule has 0 aliphatic carbocycles. The smallest absolute Gasteiger partial charge is 0.338 e. The quantitative estimate of drug-likeness (QED) is 0.118. The lowest BCUT2D eigenvalue weighted by molar-refractivity contribution is -0.112. The van der Waals surface area contributed by atoms with E-state index in [0.717, 1.165) is 9.13 Å². The minimum atomic E-state index is -0.570. The molecule has 0 saturated carbocycles. The Balaban J connectivity index is 1.80. The zero-order valence-electron chi connectivity index (χ0n) is 21.8. The van der Waals surface area contributed by atoms with E-state index in [0.29, 0.717) is 41.5 Å². The first-order chi connectivity index (χ1) is 18.2. The molecule has 0 aromatic heterocycles. The van der Waals surface area contributed by atoms with Gasteiger partial charge in [-0.3, -0.25) is 4.79 Å². The van der Waals surface area contributed by atoms with Gasteiger partial charge in [0.2, 0.25) is 0 Å². The van der Waals surface area contributed by atoms with Crippen LogP contribution in [0.2, 0.25) is 0 Å². The molecule has 3 aromatic carbocycles. The standard InChI is InChI=1S/C30H29IN2O5/c1-5-36-27-16-21(15-26(31)28(27)38-18-22-12-19(3)11-20(4)13-22)14-24(17-32)29(34)33-25-9-7-23(8-10-25)30(35)37-6-2/h7-16H,5-6,18H2,1-4H3,(H,33,34)/b24-14+. The van der Waals surface area contributed by atoms with Gasteiger partial charge in [-0.2, -0.15) is 5.26 Å². The summed E-state index contributed by atoms with van der Waals surface area (Å²) in [5.74, 6) is 0.124. The van der Waals surface area contributed by atoms with Gasteiger partial charge in [-0.15, -0.1) is 0 Å². The van der Waals surface area contributed by atoms with Crippen molar-refractivity contribution in [2.75, 3.05) is 18.5 Å². The van der Waals surface area contributed by atoms with Gasteiger partial charge >= 0.3 is 5.97 Å². The lowest BCUT2D eigenvalue weighted by Gasteiger charge is -2.15. The van der Waals surface area contributed by atoms with Gasteiger partial charge in [-0.05, 0) is 104 Å². The van der Waals surface area contributed by atoms with Crippen molar-refractivity contribution >= 4 is 46.2 Å². The number of carbonyl (C=O) groups excluding carboxylic acids is 2. The highest BCUT2D eigenvalue weighted by Crippen LogP contribution is 2.35. The molecule has 1 N–H and O–H groups in total. The largest absolute Gasteiger partial charge is 0.490 e. The molecule has 0 spiro atoms. The van der Waals surface area contributed by atoms with Crippen LogP contribution in [0.1, 0.15) is 46.5 Å². The van der Waals surface area contributed by atoms with Crippen molar-refractivity contribution in [3.63, 3.8) is 0 Å². The molecule has 3 aromatic rings. The molecule has 3 rings (SSSR count). The lowest BCUT2D eigenvalue weighted by atomic mass is 10.1. The Bertz CT molecular complexity index is 1370. The summed E-state index contributed by atoms with van der Waals surface area (Å²) in [6.45, 7) is 8.79. The molecule has 0 bridgehead atoms. The van der Waals surface area contributed by atoms with Gasteiger partial charge in [-0.1, -0.05) is 29.3 Å². The van der Waals surface area contributed by atoms with E-state index in [-0.39, 0.29) is 12.2 Å². The number of anilines is 1. The van der Waals surface area contributed by atoms with Crippen molar-refractivity contribution in [2.45, 2.75) is 34.3 Å². The maximum atomic E-state index is 12.8. The predicted octanol–water partition coefficient (Wildman–Crippen LogP) is 6.61. The van der Waals surface area contributed by atoms with Crippen molar-refractivity contribution in [1.82, 2.24) is 0 Å². The third-order valence-corrected chi connectivity index (χ3v) is 6.13. The molecule has 196 valence electrons. The second kappa shape index (κ2) is 13.6. The molecule has 0 fully saturated rings. The van der Waals surface area contributed by atoms with Crippen molar-refractivity contribution in [1.29, 1.82) is 5.26 Å². The third kappa shape index (κ3) is 7.83. The van der Waals surface area contributed by atoms with Gasteiger partial charge in [0, 0.05) is 5.69 Å². The molecule has 0 aliphatic rings. The minimum absolute atomic E-state index is 0.0818. The number of esters is 1. The van der Waals surface area contributed by atoms with E-state index < -0.39 is 11.9 Å². The molecule has 0 atom stereocenters. The highest BCUT2D eigenvalue weighted by molar-refractivity contribution is 14.1. The van der Waals surface area contributed by atoms with Crippen LogP contribution in [0.25, 0.3) is 6.08 Å². The van der Waals surface area contributed by atoms with Gasteiger partial charge in [0.25, 0.3) is 5.91 Å². The SMILES string of the molecule is CCOC(=O)c1ccc(NC(=O)/C(C#N)=C/c2cc(I)c(OCc3cc(C)cc(C)c3)c(OCC)c2)cc1. The Kier molecular flexibility index (Phi) is 10.3. The van der Waals surface area contributed by atoms with Crippen LogP contribution >= 0.6 is 22.6 Å². The average molecular weight is 624 g/mol. The predicted molar refractivity (Wildman–Crippen MR) is 155 cm³/mol. The van der Waals surface area contributed by atoms with E-state index in [9.17, 15) is 14.9 Å². The number of amides is 1. The van der Waals surface area contributed by atoms with E-state index in [1.807, 2.05) is 19.1 Å². The first-order valence-electron chi connectivity index (χ1n) is 12.1. The Morgan fingerprint density at radius 3 is 2.26 bits per heavy atom. The molecule has 0 aliphatic heterocycles. The molecule has 7 nitrogen and oxygen atoms in total. The number of nitrogens with zero attached hydrogens (tertiary/aromatic N) is 1. The number of hydrogen-bond donors (Lipinski definition) is 1. The Morgan fingerprint density at radius 1 is 0.974 bits per heavy atom. The summed E-state index contributed by atoms with van der Waals surface area (Å²) in [4.78, 5) is 24.6. The number of halogens is 1. The van der Waals surface area contributed by atoms with Crippen LogP contribution < -0.4 is 14.8 Å². The van der Waals surface area contributed by atoms with Crippen LogP contribution in [-0.4, -0.2) is 25.1 Å². The van der Waals surface area contributed by atoms with Gasteiger partial charge in [0.15, 0.2) is 11.5 Å². The van der Waals surface area contributed by atoms with Crippen LogP contribution in [0.4, 0.5) is 5.69 Å². The molecular weight excluding hydrogens is 595 g/mol. The van der Waals surface area contributed by atoms with E-state index in [4.69, 9.17) is 14.2 Å². The normalized spacial score (nSPS) is 10.9. The Morgan fingerprint density at radius 2 is 1.66 bits per heavy atom. The highest BCUT2D eigenvalue weighted by Gasteiger charge is 2.15. The van der Waals surface area contributed by atoms with Gasteiger partial charge in [0.05, 0.1) is 22.3 Å². The molecule has 1 amide bonds. The third-order valence-electron chi connectivity index (χ3n) is 5.33. The molecule has 0 saturated heterocycles. The van der Waals surface area contributed by atoms with E-state index >= 15 is 0 Å². The van der Waals surface area contributed by atoms with E-state index in [1.165, 1.54) is 17.2 Å². The summed E-state index contributed by atoms with van der Waals surface area (Å²) in [6.07, 6.45) is 1.50. The van der Waals surface area contributed by atoms with Crippen molar-refractivity contribution in [3.05, 3.63) is 91.6 Å². The van der Waals surface area contributed by atoms with Gasteiger partial charge in [-0.25, -0.2) is 4.79 Å². The molecule has 0 heterocycles. The molecular formula is C30H29IN2O5. The van der Waals surface area contributed by atoms with E-state index in [1.54, 1.807) is 37.3 Å². The lowest BCUT2D eigenvalue weighted by Crippen LogP contribution is -2.13.